The van der Waals surface area contributed by atoms with Crippen molar-refractivity contribution in [3.63, 3.8) is 0 Å². The number of nitrogens with two attached hydrogens (primary N) is 1. The van der Waals surface area contributed by atoms with Crippen molar-refractivity contribution in [1.82, 2.24) is 5.32 Å². The first-order chi connectivity index (χ1) is 14.5. The molecule has 3 rings (SSSR count). The first-order valence-electron chi connectivity index (χ1n) is 8.99. The van der Waals surface area contributed by atoms with Crippen molar-refractivity contribution < 1.29 is 42.1 Å². The molecular formula is C20H17F3N2O6. The highest BCUT2D eigenvalue weighted by Crippen LogP contribution is 2.36. The van der Waals surface area contributed by atoms with E-state index in [1.165, 1.54) is 18.2 Å². The zero-order valence-corrected chi connectivity index (χ0v) is 15.8. The average Bonchev–Trinajstić information content (AvgIpc) is 3.00. The van der Waals surface area contributed by atoms with Gasteiger partial charge in [-0.05, 0) is 41.8 Å². The van der Waals surface area contributed by atoms with Crippen LogP contribution in [-0.4, -0.2) is 35.2 Å². The molecule has 1 heterocycles. The van der Waals surface area contributed by atoms with Gasteiger partial charge in [-0.2, -0.15) is 13.2 Å². The second kappa shape index (κ2) is 8.64. The third-order valence-electron chi connectivity index (χ3n) is 4.49. The Morgan fingerprint density at radius 2 is 1.81 bits per heavy atom. The number of carbonyl (C=O) groups is 3. The van der Waals surface area contributed by atoms with Crippen LogP contribution in [0.3, 0.4) is 0 Å². The average molecular weight is 438 g/mol. The number of benzene rings is 2. The summed E-state index contributed by atoms with van der Waals surface area (Å²) in [6, 6.07) is 7.87. The van der Waals surface area contributed by atoms with E-state index in [1.807, 2.05) is 5.32 Å². The predicted molar refractivity (Wildman–Crippen MR) is 99.4 cm³/mol. The van der Waals surface area contributed by atoms with Crippen molar-refractivity contribution in [3.8, 4) is 11.5 Å². The van der Waals surface area contributed by atoms with Crippen molar-refractivity contribution in [2.24, 2.45) is 5.73 Å². The number of aliphatic carboxylic acids is 1. The maximum Gasteiger partial charge on any atom is 0.416 e. The van der Waals surface area contributed by atoms with Crippen molar-refractivity contribution in [2.75, 3.05) is 0 Å². The lowest BCUT2D eigenvalue weighted by molar-refractivity contribution is -0.140. The van der Waals surface area contributed by atoms with E-state index in [2.05, 4.69) is 0 Å². The monoisotopic (exact) mass is 438 g/mol. The molecule has 0 bridgehead atoms. The van der Waals surface area contributed by atoms with Crippen LogP contribution in [0.4, 0.5) is 18.0 Å². The SMILES string of the molecule is NC(Cc1ccc(Oc2ccc(CC3OC(=O)NC3=O)cc2)cc1C(F)(F)F)C(=O)O. The summed E-state index contributed by atoms with van der Waals surface area (Å²) in [5, 5.41) is 10.9. The van der Waals surface area contributed by atoms with Crippen LogP contribution in [0, 0.1) is 0 Å². The Balaban J connectivity index is 1.74. The van der Waals surface area contributed by atoms with Gasteiger partial charge in [0.15, 0.2) is 6.10 Å². The highest BCUT2D eigenvalue weighted by atomic mass is 19.4. The number of carbonyl (C=O) groups excluding carboxylic acids is 2. The molecular weight excluding hydrogens is 421 g/mol. The maximum absolute atomic E-state index is 13.4. The van der Waals surface area contributed by atoms with Crippen LogP contribution in [0.25, 0.3) is 0 Å². The molecule has 11 heteroatoms. The summed E-state index contributed by atoms with van der Waals surface area (Å²) >= 11 is 0. The first-order valence-corrected chi connectivity index (χ1v) is 8.99. The highest BCUT2D eigenvalue weighted by Gasteiger charge is 2.35. The Hall–Kier alpha value is -3.60. The van der Waals surface area contributed by atoms with Crippen molar-refractivity contribution in [3.05, 3.63) is 59.2 Å². The van der Waals surface area contributed by atoms with Gasteiger partial charge in [-0.1, -0.05) is 18.2 Å². The number of rotatable bonds is 7. The summed E-state index contributed by atoms with van der Waals surface area (Å²) in [5.74, 6) is -1.82. The lowest BCUT2D eigenvalue weighted by atomic mass is 10.00. The lowest BCUT2D eigenvalue weighted by Crippen LogP contribution is -2.33. The van der Waals surface area contributed by atoms with Gasteiger partial charge in [-0.25, -0.2) is 4.79 Å². The fourth-order valence-corrected chi connectivity index (χ4v) is 2.96. The maximum atomic E-state index is 13.4. The van der Waals surface area contributed by atoms with E-state index in [0.29, 0.717) is 5.56 Å². The quantitative estimate of drug-likeness (QED) is 0.606. The summed E-state index contributed by atoms with van der Waals surface area (Å²) in [6.07, 6.45) is -6.84. The molecule has 8 nitrogen and oxygen atoms in total. The van der Waals surface area contributed by atoms with E-state index in [0.717, 1.165) is 12.1 Å². The van der Waals surface area contributed by atoms with Crippen molar-refractivity contribution in [1.29, 1.82) is 0 Å². The van der Waals surface area contributed by atoms with Gasteiger partial charge in [0.1, 0.15) is 17.5 Å². The Labute approximate surface area is 173 Å². The molecule has 2 amide bonds. The number of hydrogen-bond acceptors (Lipinski definition) is 6. The molecule has 1 fully saturated rings. The van der Waals surface area contributed by atoms with Crippen LogP contribution >= 0.6 is 0 Å². The number of alkyl halides is 3. The predicted octanol–water partition coefficient (Wildman–Crippen LogP) is 2.63. The van der Waals surface area contributed by atoms with Crippen LogP contribution in [0.5, 0.6) is 11.5 Å². The van der Waals surface area contributed by atoms with Crippen LogP contribution in [0.2, 0.25) is 0 Å². The van der Waals surface area contributed by atoms with Gasteiger partial charge in [0.25, 0.3) is 5.91 Å². The molecule has 1 aliphatic rings. The fraction of sp³-hybridized carbons (Fsp3) is 0.250. The Kier molecular flexibility index (Phi) is 6.16. The first kappa shape index (κ1) is 22.1. The Bertz CT molecular complexity index is 1010. The molecule has 2 unspecified atom stereocenters. The number of alkyl carbamates (subject to hydrolysis) is 1. The molecule has 1 saturated heterocycles. The summed E-state index contributed by atoms with van der Waals surface area (Å²) in [6.45, 7) is 0. The van der Waals surface area contributed by atoms with Crippen molar-refractivity contribution in [2.45, 2.75) is 31.2 Å². The molecule has 0 aromatic heterocycles. The van der Waals surface area contributed by atoms with Gasteiger partial charge in [0.2, 0.25) is 0 Å². The third kappa shape index (κ3) is 5.51. The zero-order chi connectivity index (χ0) is 22.8. The Morgan fingerprint density at radius 3 is 2.35 bits per heavy atom. The summed E-state index contributed by atoms with van der Waals surface area (Å²) < 4.78 is 50.5. The highest BCUT2D eigenvalue weighted by molar-refractivity contribution is 6.00. The fourth-order valence-electron chi connectivity index (χ4n) is 2.96. The van der Waals surface area contributed by atoms with Gasteiger partial charge in [0.05, 0.1) is 5.56 Å². The van der Waals surface area contributed by atoms with Crippen LogP contribution < -0.4 is 15.8 Å². The molecule has 0 aliphatic carbocycles. The molecule has 4 N–H and O–H groups in total. The number of ether oxygens (including phenoxy) is 2. The third-order valence-corrected chi connectivity index (χ3v) is 4.49. The number of cyclic esters (lactones) is 1. The van der Waals surface area contributed by atoms with Crippen LogP contribution in [0.15, 0.2) is 42.5 Å². The minimum absolute atomic E-state index is 0.100. The minimum Gasteiger partial charge on any atom is -0.480 e. The van der Waals surface area contributed by atoms with E-state index in [9.17, 15) is 27.6 Å². The van der Waals surface area contributed by atoms with E-state index in [1.54, 1.807) is 12.1 Å². The molecule has 2 aromatic rings. The topological polar surface area (TPSA) is 128 Å². The number of carboxylic acid groups (broad SMARTS) is 1. The standard InChI is InChI=1S/C20H17F3N2O6/c21-20(22,23)14-9-13(6-3-11(14)8-15(24)18(27)28)30-12-4-1-10(2-5-12)7-16-17(26)25-19(29)31-16/h1-6,9,15-16H,7-8,24H2,(H,27,28)(H,25,26,29). The van der Waals surface area contributed by atoms with Gasteiger partial charge in [-0.15, -0.1) is 0 Å². The molecule has 0 saturated carbocycles. The number of halogens is 3. The van der Waals surface area contributed by atoms with E-state index in [4.69, 9.17) is 20.3 Å². The van der Waals surface area contributed by atoms with Crippen molar-refractivity contribution >= 4 is 18.0 Å². The smallest absolute Gasteiger partial charge is 0.416 e. The van der Waals surface area contributed by atoms with Gasteiger partial charge in [-0.3, -0.25) is 14.9 Å². The van der Waals surface area contributed by atoms with Crippen LogP contribution in [0.1, 0.15) is 16.7 Å². The zero-order valence-electron chi connectivity index (χ0n) is 15.8. The summed E-state index contributed by atoms with van der Waals surface area (Å²) in [5.41, 5.74) is 4.72. The van der Waals surface area contributed by atoms with E-state index < -0.39 is 48.3 Å². The molecule has 2 aromatic carbocycles. The van der Waals surface area contributed by atoms with Gasteiger partial charge in [0, 0.05) is 6.42 Å². The molecule has 0 spiro atoms. The largest absolute Gasteiger partial charge is 0.480 e. The normalized spacial score (nSPS) is 17.1. The summed E-state index contributed by atoms with van der Waals surface area (Å²) in [7, 11) is 0. The molecule has 164 valence electrons. The number of hydrogen-bond donors (Lipinski definition) is 3. The molecule has 1 aliphatic heterocycles. The number of imide groups is 1. The minimum atomic E-state index is -4.73. The van der Waals surface area contributed by atoms with Gasteiger partial charge >= 0.3 is 18.2 Å². The second-order valence-electron chi connectivity index (χ2n) is 6.80. The molecule has 2 atom stereocenters. The molecule has 0 radical (unpaired) electrons. The second-order valence-corrected chi connectivity index (χ2v) is 6.80. The van der Waals surface area contributed by atoms with Crippen LogP contribution in [-0.2, 0) is 33.3 Å². The van der Waals surface area contributed by atoms with Gasteiger partial charge < -0.3 is 20.3 Å². The number of amides is 2. The Morgan fingerprint density at radius 1 is 1.16 bits per heavy atom. The molecule has 31 heavy (non-hydrogen) atoms. The lowest BCUT2D eigenvalue weighted by Gasteiger charge is -2.16. The number of nitrogens with one attached hydrogen (secondary N) is 1. The van der Waals surface area contributed by atoms with E-state index >= 15 is 0 Å². The van der Waals surface area contributed by atoms with E-state index in [-0.39, 0.29) is 23.5 Å². The summed E-state index contributed by atoms with van der Waals surface area (Å²) in [4.78, 5) is 33.4. The number of carboxylic acids is 1.